The maximum Gasteiger partial charge on any atom is 0.0856 e. The number of rotatable bonds is 3. The van der Waals surface area contributed by atoms with Gasteiger partial charge in [0, 0.05) is 5.92 Å². The number of aliphatic hydroxyl groups is 1. The zero-order valence-corrected chi connectivity index (χ0v) is 7.77. The third-order valence-corrected chi connectivity index (χ3v) is 2.02. The van der Waals surface area contributed by atoms with E-state index < -0.39 is 6.10 Å². The fourth-order valence-electron chi connectivity index (χ4n) is 1.23. The molecule has 1 aromatic rings. The van der Waals surface area contributed by atoms with Crippen LogP contribution in [0, 0.1) is 5.92 Å². The average Bonchev–Trinajstić information content (AvgIpc) is 2.18. The summed E-state index contributed by atoms with van der Waals surface area (Å²) in [6.07, 6.45) is 1.31. The zero-order valence-electron chi connectivity index (χ0n) is 7.77. The second-order valence-electron chi connectivity index (χ2n) is 3.09. The van der Waals surface area contributed by atoms with E-state index in [1.165, 1.54) is 0 Å². The molecule has 1 N–H and O–H groups in total. The summed E-state index contributed by atoms with van der Waals surface area (Å²) in [4.78, 5) is 0. The first-order valence-electron chi connectivity index (χ1n) is 4.34. The lowest BCUT2D eigenvalue weighted by Crippen LogP contribution is -2.05. The number of hydrogen-bond acceptors (Lipinski definition) is 1. The van der Waals surface area contributed by atoms with Crippen LogP contribution in [0.1, 0.15) is 18.6 Å². The van der Waals surface area contributed by atoms with E-state index in [-0.39, 0.29) is 5.92 Å². The van der Waals surface area contributed by atoms with E-state index in [1.807, 2.05) is 37.3 Å². The summed E-state index contributed by atoms with van der Waals surface area (Å²) in [6, 6.07) is 9.60. The molecular weight excluding hydrogens is 160 g/mol. The fourth-order valence-corrected chi connectivity index (χ4v) is 1.23. The van der Waals surface area contributed by atoms with Gasteiger partial charge in [-0.3, -0.25) is 0 Å². The van der Waals surface area contributed by atoms with Crippen LogP contribution in [0.5, 0.6) is 0 Å². The van der Waals surface area contributed by atoms with Gasteiger partial charge in [-0.1, -0.05) is 43.8 Å². The summed E-state index contributed by atoms with van der Waals surface area (Å²) >= 11 is 0. The first-order chi connectivity index (χ1) is 6.25. The average molecular weight is 174 g/mol. The van der Waals surface area contributed by atoms with Crippen molar-refractivity contribution in [1.29, 1.82) is 0 Å². The van der Waals surface area contributed by atoms with Crippen LogP contribution in [0.2, 0.25) is 0 Å². The highest BCUT2D eigenvalue weighted by Crippen LogP contribution is 2.21. The van der Waals surface area contributed by atoms with Crippen molar-refractivity contribution in [3.05, 3.63) is 54.3 Å². The van der Waals surface area contributed by atoms with E-state index in [0.29, 0.717) is 0 Å². The molecule has 13 heavy (non-hydrogen) atoms. The van der Waals surface area contributed by atoms with Gasteiger partial charge in [-0.2, -0.15) is 0 Å². The molecule has 0 fully saturated rings. The van der Waals surface area contributed by atoms with Gasteiger partial charge >= 0.3 is 0 Å². The Balaban J connectivity index is 2.79. The van der Waals surface area contributed by atoms with Gasteiger partial charge < -0.3 is 5.11 Å². The molecule has 0 bridgehead atoms. The maximum absolute atomic E-state index is 9.82. The van der Waals surface area contributed by atoms with Crippen LogP contribution in [0.3, 0.4) is 0 Å². The SMILES string of the molecule is C=C=CC(C)C(O)c1ccccc1. The molecular formula is C12H14O. The zero-order chi connectivity index (χ0) is 9.68. The van der Waals surface area contributed by atoms with Gasteiger partial charge in [-0.05, 0) is 11.6 Å². The minimum Gasteiger partial charge on any atom is -0.388 e. The molecule has 1 heteroatoms. The highest BCUT2D eigenvalue weighted by atomic mass is 16.3. The molecule has 0 saturated carbocycles. The molecule has 0 spiro atoms. The molecule has 2 atom stereocenters. The summed E-state index contributed by atoms with van der Waals surface area (Å²) in [7, 11) is 0. The molecule has 0 aliphatic heterocycles. The third kappa shape index (κ3) is 2.59. The van der Waals surface area contributed by atoms with Gasteiger partial charge in [0.2, 0.25) is 0 Å². The number of hydrogen-bond donors (Lipinski definition) is 1. The lowest BCUT2D eigenvalue weighted by molar-refractivity contribution is 0.140. The molecule has 1 rings (SSSR count). The Hall–Kier alpha value is -1.30. The Morgan fingerprint density at radius 3 is 2.54 bits per heavy atom. The van der Waals surface area contributed by atoms with Crippen molar-refractivity contribution in [2.24, 2.45) is 5.92 Å². The third-order valence-electron chi connectivity index (χ3n) is 2.02. The molecule has 2 unspecified atom stereocenters. The highest BCUT2D eigenvalue weighted by Gasteiger charge is 2.12. The molecule has 1 aromatic carbocycles. The van der Waals surface area contributed by atoms with Crippen molar-refractivity contribution in [3.8, 4) is 0 Å². The van der Waals surface area contributed by atoms with Gasteiger partial charge in [0.25, 0.3) is 0 Å². The van der Waals surface area contributed by atoms with Gasteiger partial charge in [0.05, 0.1) is 6.10 Å². The van der Waals surface area contributed by atoms with Gasteiger partial charge in [0.15, 0.2) is 0 Å². The minimum atomic E-state index is -0.463. The smallest absolute Gasteiger partial charge is 0.0856 e. The summed E-state index contributed by atoms with van der Waals surface area (Å²) in [5.74, 6) is 0.0555. The van der Waals surface area contributed by atoms with E-state index in [1.54, 1.807) is 6.08 Å². The highest BCUT2D eigenvalue weighted by molar-refractivity contribution is 5.18. The van der Waals surface area contributed by atoms with Crippen molar-refractivity contribution in [2.45, 2.75) is 13.0 Å². The minimum absolute atomic E-state index is 0.0555. The molecule has 1 nitrogen and oxygen atoms in total. The number of aliphatic hydroxyl groups excluding tert-OH is 1. The van der Waals surface area contributed by atoms with E-state index in [0.717, 1.165) is 5.56 Å². The summed E-state index contributed by atoms with van der Waals surface area (Å²) in [5.41, 5.74) is 3.62. The molecule has 0 aliphatic rings. The second kappa shape index (κ2) is 4.66. The predicted octanol–water partition coefficient (Wildman–Crippen LogP) is 2.70. The Morgan fingerprint density at radius 1 is 1.38 bits per heavy atom. The quantitative estimate of drug-likeness (QED) is 0.698. The fraction of sp³-hybridized carbons (Fsp3) is 0.250. The van der Waals surface area contributed by atoms with Crippen molar-refractivity contribution >= 4 is 0 Å². The van der Waals surface area contributed by atoms with Gasteiger partial charge in [-0.15, -0.1) is 5.73 Å². The molecule has 0 aliphatic carbocycles. The van der Waals surface area contributed by atoms with Crippen molar-refractivity contribution in [1.82, 2.24) is 0 Å². The first kappa shape index (κ1) is 9.79. The van der Waals surface area contributed by atoms with Crippen molar-refractivity contribution in [3.63, 3.8) is 0 Å². The molecule has 0 amide bonds. The Labute approximate surface area is 79.0 Å². The monoisotopic (exact) mass is 174 g/mol. The van der Waals surface area contributed by atoms with E-state index in [2.05, 4.69) is 12.3 Å². The van der Waals surface area contributed by atoms with Crippen LogP contribution in [-0.2, 0) is 0 Å². The van der Waals surface area contributed by atoms with Crippen LogP contribution in [-0.4, -0.2) is 5.11 Å². The predicted molar refractivity (Wildman–Crippen MR) is 54.3 cm³/mol. The lowest BCUT2D eigenvalue weighted by Gasteiger charge is -2.14. The lowest BCUT2D eigenvalue weighted by atomic mass is 9.98. The van der Waals surface area contributed by atoms with Crippen LogP contribution in [0.15, 0.2) is 48.7 Å². The van der Waals surface area contributed by atoms with E-state index in [9.17, 15) is 5.11 Å². The van der Waals surface area contributed by atoms with E-state index in [4.69, 9.17) is 0 Å². The van der Waals surface area contributed by atoms with Crippen molar-refractivity contribution in [2.75, 3.05) is 0 Å². The topological polar surface area (TPSA) is 20.2 Å². The van der Waals surface area contributed by atoms with Crippen LogP contribution < -0.4 is 0 Å². The standard InChI is InChI=1S/C12H14O/c1-3-7-10(2)12(13)11-8-5-4-6-9-11/h4-10,12-13H,1H2,2H3. The first-order valence-corrected chi connectivity index (χ1v) is 4.34. The molecule has 0 radical (unpaired) electrons. The Bertz CT molecular complexity index is 296. The van der Waals surface area contributed by atoms with Crippen molar-refractivity contribution < 1.29 is 5.11 Å². The van der Waals surface area contributed by atoms with E-state index >= 15 is 0 Å². The summed E-state index contributed by atoms with van der Waals surface area (Å²) < 4.78 is 0. The summed E-state index contributed by atoms with van der Waals surface area (Å²) in [6.45, 7) is 5.43. The van der Waals surface area contributed by atoms with Gasteiger partial charge in [-0.25, -0.2) is 0 Å². The molecule has 68 valence electrons. The Kier molecular flexibility index (Phi) is 3.51. The molecule has 0 aromatic heterocycles. The van der Waals surface area contributed by atoms with Crippen LogP contribution in [0.25, 0.3) is 0 Å². The largest absolute Gasteiger partial charge is 0.388 e. The second-order valence-corrected chi connectivity index (χ2v) is 3.09. The number of benzene rings is 1. The molecule has 0 heterocycles. The Morgan fingerprint density at radius 2 is 2.00 bits per heavy atom. The van der Waals surface area contributed by atoms with Gasteiger partial charge in [0.1, 0.15) is 0 Å². The molecule has 0 saturated heterocycles. The normalized spacial score (nSPS) is 14.3. The van der Waals surface area contributed by atoms with Crippen LogP contribution in [0.4, 0.5) is 0 Å². The summed E-state index contributed by atoms with van der Waals surface area (Å²) in [5, 5.41) is 9.82. The van der Waals surface area contributed by atoms with Crippen LogP contribution >= 0.6 is 0 Å². The maximum atomic E-state index is 9.82.